The van der Waals surface area contributed by atoms with Crippen LogP contribution in [0.15, 0.2) is 41.6 Å². The van der Waals surface area contributed by atoms with E-state index in [1.165, 1.54) is 0 Å². The zero-order valence-electron chi connectivity index (χ0n) is 10.6. The highest BCUT2D eigenvalue weighted by atomic mass is 16.2. The molecule has 1 aromatic carbocycles. The predicted molar refractivity (Wildman–Crippen MR) is 70.1 cm³/mol. The van der Waals surface area contributed by atoms with E-state index < -0.39 is 0 Å². The van der Waals surface area contributed by atoms with E-state index in [-0.39, 0.29) is 18.0 Å². The Morgan fingerprint density at radius 1 is 1.26 bits per heavy atom. The van der Waals surface area contributed by atoms with Gasteiger partial charge in [-0.15, -0.1) is 0 Å². The fourth-order valence-electron chi connectivity index (χ4n) is 2.58. The summed E-state index contributed by atoms with van der Waals surface area (Å²) in [4.78, 5) is 25.8. The van der Waals surface area contributed by atoms with Gasteiger partial charge in [0, 0.05) is 6.54 Å². The van der Waals surface area contributed by atoms with Gasteiger partial charge < -0.3 is 15.5 Å². The van der Waals surface area contributed by atoms with Gasteiger partial charge in [-0.1, -0.05) is 30.3 Å². The molecular formula is C14H15N3O2. The second-order valence-corrected chi connectivity index (χ2v) is 4.65. The summed E-state index contributed by atoms with van der Waals surface area (Å²) >= 11 is 0. The van der Waals surface area contributed by atoms with Crippen molar-refractivity contribution in [2.75, 3.05) is 13.1 Å². The number of hydrogen-bond acceptors (Lipinski definition) is 2. The Balaban J connectivity index is 2.02. The number of carbonyl (C=O) groups excluding carboxylic acids is 2. The predicted octanol–water partition coefficient (Wildman–Crippen LogP) is 1.16. The molecule has 5 nitrogen and oxygen atoms in total. The summed E-state index contributed by atoms with van der Waals surface area (Å²) in [6.07, 6.45) is 0. The molecule has 0 fully saturated rings. The maximum Gasteiger partial charge on any atom is 0.319 e. The topological polar surface area (TPSA) is 61.4 Å². The molecule has 19 heavy (non-hydrogen) atoms. The Morgan fingerprint density at radius 2 is 2.00 bits per heavy atom. The van der Waals surface area contributed by atoms with Gasteiger partial charge in [0.05, 0.1) is 23.9 Å². The molecule has 0 aromatic heterocycles. The van der Waals surface area contributed by atoms with Crippen LogP contribution >= 0.6 is 0 Å². The molecule has 2 aliphatic rings. The molecule has 1 aromatic rings. The number of likely N-dealkylation sites (N-methyl/N-ethyl adjacent to an activating group) is 1. The number of hydrogen-bond donors (Lipinski definition) is 2. The lowest BCUT2D eigenvalue weighted by molar-refractivity contribution is -0.125. The highest BCUT2D eigenvalue weighted by Gasteiger charge is 2.39. The minimum absolute atomic E-state index is 0.00106. The molecule has 0 spiro atoms. The molecule has 2 aliphatic heterocycles. The van der Waals surface area contributed by atoms with E-state index in [1.54, 1.807) is 4.90 Å². The number of nitrogens with zero attached hydrogens (tertiary/aromatic N) is 1. The van der Waals surface area contributed by atoms with Crippen LogP contribution in [0, 0.1) is 0 Å². The minimum Gasteiger partial charge on any atom is -0.333 e. The zero-order valence-corrected chi connectivity index (χ0v) is 10.6. The van der Waals surface area contributed by atoms with Crippen LogP contribution in [0.5, 0.6) is 0 Å². The van der Waals surface area contributed by atoms with Crippen LogP contribution in [0.2, 0.25) is 0 Å². The molecule has 0 saturated heterocycles. The first kappa shape index (κ1) is 11.8. The third kappa shape index (κ3) is 1.87. The van der Waals surface area contributed by atoms with Gasteiger partial charge in [0.2, 0.25) is 0 Å². The maximum absolute atomic E-state index is 12.3. The van der Waals surface area contributed by atoms with Crippen LogP contribution in [0.1, 0.15) is 18.5 Å². The molecule has 0 saturated carbocycles. The van der Waals surface area contributed by atoms with Crippen molar-refractivity contribution in [1.82, 2.24) is 15.5 Å². The van der Waals surface area contributed by atoms with E-state index in [0.29, 0.717) is 18.7 Å². The Bertz CT molecular complexity index is 565. The number of urea groups is 1. The Hall–Kier alpha value is -2.30. The summed E-state index contributed by atoms with van der Waals surface area (Å²) in [5.74, 6) is -0.00106. The fourth-order valence-corrected chi connectivity index (χ4v) is 2.58. The number of rotatable bonds is 2. The molecule has 3 amide bonds. The normalized spacial score (nSPS) is 22.2. The standard InChI is InChI=1S/C14H15N3O2/c1-2-17-8-10-11(13(17)18)12(16-14(19)15-10)9-6-4-3-5-7-9/h3-7,12H,2,8H2,1H3,(H2,15,16,19)/t12-/m0/s1. The molecule has 0 bridgehead atoms. The summed E-state index contributed by atoms with van der Waals surface area (Å²) < 4.78 is 0. The van der Waals surface area contributed by atoms with Gasteiger partial charge in [-0.25, -0.2) is 4.79 Å². The largest absolute Gasteiger partial charge is 0.333 e. The van der Waals surface area contributed by atoms with Crippen LogP contribution in [-0.4, -0.2) is 29.9 Å². The van der Waals surface area contributed by atoms with Crippen molar-refractivity contribution in [1.29, 1.82) is 0 Å². The van der Waals surface area contributed by atoms with Crippen molar-refractivity contribution in [3.8, 4) is 0 Å². The molecule has 5 heteroatoms. The average molecular weight is 257 g/mol. The highest BCUT2D eigenvalue weighted by Crippen LogP contribution is 2.31. The number of benzene rings is 1. The van der Waals surface area contributed by atoms with Crippen LogP contribution in [-0.2, 0) is 4.79 Å². The summed E-state index contributed by atoms with van der Waals surface area (Å²) in [5.41, 5.74) is 2.31. The van der Waals surface area contributed by atoms with E-state index >= 15 is 0 Å². The van der Waals surface area contributed by atoms with Crippen molar-refractivity contribution in [3.63, 3.8) is 0 Å². The lowest BCUT2D eigenvalue weighted by Gasteiger charge is -2.25. The Morgan fingerprint density at radius 3 is 2.68 bits per heavy atom. The van der Waals surface area contributed by atoms with Crippen LogP contribution in [0.4, 0.5) is 4.79 Å². The molecule has 0 unspecified atom stereocenters. The van der Waals surface area contributed by atoms with E-state index in [1.807, 2.05) is 37.3 Å². The number of carbonyl (C=O) groups is 2. The second kappa shape index (κ2) is 4.42. The first-order chi connectivity index (χ1) is 9.20. The molecule has 2 heterocycles. The van der Waals surface area contributed by atoms with E-state index in [0.717, 1.165) is 11.3 Å². The summed E-state index contributed by atoms with van der Waals surface area (Å²) in [5, 5.41) is 5.56. The van der Waals surface area contributed by atoms with Gasteiger partial charge in [0.25, 0.3) is 5.91 Å². The molecule has 3 rings (SSSR count). The lowest BCUT2D eigenvalue weighted by Crippen LogP contribution is -2.44. The third-order valence-electron chi connectivity index (χ3n) is 3.53. The van der Waals surface area contributed by atoms with E-state index in [4.69, 9.17) is 0 Å². The molecule has 1 atom stereocenters. The van der Waals surface area contributed by atoms with Crippen molar-refractivity contribution in [2.24, 2.45) is 0 Å². The maximum atomic E-state index is 12.3. The quantitative estimate of drug-likeness (QED) is 0.835. The zero-order chi connectivity index (χ0) is 13.4. The number of nitrogens with one attached hydrogen (secondary N) is 2. The second-order valence-electron chi connectivity index (χ2n) is 4.65. The molecule has 0 radical (unpaired) electrons. The SMILES string of the molecule is CCN1CC2=C(C1=O)[C@H](c1ccccc1)NC(=O)N2. The first-order valence-corrected chi connectivity index (χ1v) is 6.35. The lowest BCUT2D eigenvalue weighted by atomic mass is 9.96. The summed E-state index contributed by atoms with van der Waals surface area (Å²) in [6.45, 7) is 3.06. The van der Waals surface area contributed by atoms with Crippen molar-refractivity contribution in [3.05, 3.63) is 47.2 Å². The molecule has 2 N–H and O–H groups in total. The Kier molecular flexibility index (Phi) is 2.74. The van der Waals surface area contributed by atoms with E-state index in [9.17, 15) is 9.59 Å². The van der Waals surface area contributed by atoms with Crippen molar-refractivity contribution in [2.45, 2.75) is 13.0 Å². The van der Waals surface area contributed by atoms with Crippen LogP contribution < -0.4 is 10.6 Å². The first-order valence-electron chi connectivity index (χ1n) is 6.35. The average Bonchev–Trinajstić information content (AvgIpc) is 2.75. The van der Waals surface area contributed by atoms with Gasteiger partial charge in [0.1, 0.15) is 0 Å². The summed E-state index contributed by atoms with van der Waals surface area (Å²) in [7, 11) is 0. The molecular weight excluding hydrogens is 242 g/mol. The fraction of sp³-hybridized carbons (Fsp3) is 0.286. The van der Waals surface area contributed by atoms with Gasteiger partial charge in [-0.3, -0.25) is 4.79 Å². The van der Waals surface area contributed by atoms with Crippen molar-refractivity contribution < 1.29 is 9.59 Å². The van der Waals surface area contributed by atoms with Gasteiger partial charge in [-0.05, 0) is 12.5 Å². The summed E-state index contributed by atoms with van der Waals surface area (Å²) in [6, 6.07) is 8.95. The smallest absolute Gasteiger partial charge is 0.319 e. The molecule has 0 aliphatic carbocycles. The number of amides is 3. The minimum atomic E-state index is -0.353. The van der Waals surface area contributed by atoms with Crippen LogP contribution in [0.25, 0.3) is 0 Å². The van der Waals surface area contributed by atoms with E-state index in [2.05, 4.69) is 10.6 Å². The van der Waals surface area contributed by atoms with Gasteiger partial charge in [0.15, 0.2) is 0 Å². The van der Waals surface area contributed by atoms with Crippen molar-refractivity contribution >= 4 is 11.9 Å². The molecule has 98 valence electrons. The third-order valence-corrected chi connectivity index (χ3v) is 3.53. The highest BCUT2D eigenvalue weighted by molar-refractivity contribution is 6.01. The monoisotopic (exact) mass is 257 g/mol. The Labute approximate surface area is 111 Å². The van der Waals surface area contributed by atoms with Crippen LogP contribution in [0.3, 0.4) is 0 Å². The van der Waals surface area contributed by atoms with Gasteiger partial charge in [-0.2, -0.15) is 0 Å². The van der Waals surface area contributed by atoms with Gasteiger partial charge >= 0.3 is 6.03 Å².